The molecule has 4 heteroatoms. The summed E-state index contributed by atoms with van der Waals surface area (Å²) in [6, 6.07) is -0.167. The van der Waals surface area contributed by atoms with Crippen LogP contribution >= 0.6 is 0 Å². The van der Waals surface area contributed by atoms with E-state index >= 15 is 0 Å². The summed E-state index contributed by atoms with van der Waals surface area (Å²) in [6.45, 7) is 0.172. The van der Waals surface area contributed by atoms with Gasteiger partial charge in [0.2, 0.25) is 0 Å². The standard InChI is InChI=1S/C7H14N2O2/c8-4-6(7(10)11)9-5-2-1-3-5/h5-6,9H,1-4,8H2,(H,10,11). The zero-order chi connectivity index (χ0) is 8.27. The Balaban J connectivity index is 2.24. The molecule has 1 atom stereocenters. The molecule has 1 aliphatic rings. The molecule has 0 heterocycles. The number of rotatable bonds is 4. The number of carboxylic acids is 1. The van der Waals surface area contributed by atoms with E-state index in [2.05, 4.69) is 5.32 Å². The molecule has 0 amide bonds. The molecule has 64 valence electrons. The van der Waals surface area contributed by atoms with E-state index in [9.17, 15) is 4.79 Å². The third-order valence-corrected chi connectivity index (χ3v) is 2.08. The van der Waals surface area contributed by atoms with Crippen LogP contribution in [0.4, 0.5) is 0 Å². The van der Waals surface area contributed by atoms with Gasteiger partial charge in [0.15, 0.2) is 0 Å². The second-order valence-corrected chi connectivity index (χ2v) is 2.92. The summed E-state index contributed by atoms with van der Waals surface area (Å²) in [5.74, 6) is -0.848. The Morgan fingerprint density at radius 3 is 2.64 bits per heavy atom. The van der Waals surface area contributed by atoms with Gasteiger partial charge in [-0.15, -0.1) is 0 Å². The van der Waals surface area contributed by atoms with Gasteiger partial charge in [-0.3, -0.25) is 4.79 Å². The summed E-state index contributed by atoms with van der Waals surface area (Å²) < 4.78 is 0. The number of nitrogens with one attached hydrogen (secondary N) is 1. The molecule has 0 spiro atoms. The molecule has 1 aliphatic carbocycles. The molecule has 0 radical (unpaired) electrons. The lowest BCUT2D eigenvalue weighted by Gasteiger charge is -2.29. The van der Waals surface area contributed by atoms with Crippen molar-refractivity contribution in [3.8, 4) is 0 Å². The third kappa shape index (κ3) is 2.17. The van der Waals surface area contributed by atoms with Crippen molar-refractivity contribution in [1.82, 2.24) is 5.32 Å². The van der Waals surface area contributed by atoms with Crippen molar-refractivity contribution in [2.45, 2.75) is 31.3 Å². The van der Waals surface area contributed by atoms with Crippen molar-refractivity contribution in [2.75, 3.05) is 6.54 Å². The van der Waals surface area contributed by atoms with Crippen LogP contribution < -0.4 is 11.1 Å². The Morgan fingerprint density at radius 2 is 2.36 bits per heavy atom. The normalized spacial score (nSPS) is 20.8. The van der Waals surface area contributed by atoms with Crippen molar-refractivity contribution in [3.05, 3.63) is 0 Å². The maximum atomic E-state index is 10.5. The van der Waals surface area contributed by atoms with Crippen LogP contribution in [0.3, 0.4) is 0 Å². The van der Waals surface area contributed by atoms with Gasteiger partial charge in [-0.25, -0.2) is 0 Å². The molecule has 1 unspecified atom stereocenters. The quantitative estimate of drug-likeness (QED) is 0.517. The summed E-state index contributed by atoms with van der Waals surface area (Å²) in [4.78, 5) is 10.5. The molecule has 0 aromatic rings. The largest absolute Gasteiger partial charge is 0.480 e. The fourth-order valence-corrected chi connectivity index (χ4v) is 1.10. The lowest BCUT2D eigenvalue weighted by Crippen LogP contribution is -2.50. The van der Waals surface area contributed by atoms with Gasteiger partial charge in [0, 0.05) is 12.6 Å². The van der Waals surface area contributed by atoms with Gasteiger partial charge in [0.05, 0.1) is 0 Å². The van der Waals surface area contributed by atoms with Gasteiger partial charge in [-0.1, -0.05) is 6.42 Å². The maximum Gasteiger partial charge on any atom is 0.322 e. The molecule has 0 aliphatic heterocycles. The van der Waals surface area contributed by atoms with Gasteiger partial charge in [0.25, 0.3) is 0 Å². The van der Waals surface area contributed by atoms with Gasteiger partial charge in [-0.2, -0.15) is 0 Å². The first-order chi connectivity index (χ1) is 5.24. The highest BCUT2D eigenvalue weighted by Crippen LogP contribution is 2.18. The van der Waals surface area contributed by atoms with E-state index in [0.29, 0.717) is 6.04 Å². The molecule has 1 saturated carbocycles. The highest BCUT2D eigenvalue weighted by molar-refractivity contribution is 5.73. The minimum Gasteiger partial charge on any atom is -0.480 e. The first kappa shape index (κ1) is 8.49. The van der Waals surface area contributed by atoms with E-state index in [0.717, 1.165) is 12.8 Å². The third-order valence-electron chi connectivity index (χ3n) is 2.08. The second kappa shape index (κ2) is 3.69. The highest BCUT2D eigenvalue weighted by atomic mass is 16.4. The Hall–Kier alpha value is -0.610. The Bertz CT molecular complexity index is 145. The SMILES string of the molecule is NCC(NC1CCC1)C(=O)O. The lowest BCUT2D eigenvalue weighted by molar-refractivity contribution is -0.139. The Morgan fingerprint density at radius 1 is 1.73 bits per heavy atom. The summed E-state index contributed by atoms with van der Waals surface area (Å²) in [5.41, 5.74) is 5.26. The number of aliphatic carboxylic acids is 1. The van der Waals surface area contributed by atoms with Crippen LogP contribution in [0.25, 0.3) is 0 Å². The van der Waals surface area contributed by atoms with Crippen LogP contribution in [0.2, 0.25) is 0 Å². The van der Waals surface area contributed by atoms with Crippen molar-refractivity contribution in [2.24, 2.45) is 5.73 Å². The monoisotopic (exact) mass is 158 g/mol. The van der Waals surface area contributed by atoms with Gasteiger partial charge < -0.3 is 16.2 Å². The molecule has 11 heavy (non-hydrogen) atoms. The molecule has 1 rings (SSSR count). The summed E-state index contributed by atoms with van der Waals surface area (Å²) in [6.07, 6.45) is 3.38. The van der Waals surface area contributed by atoms with Crippen LogP contribution in [-0.4, -0.2) is 29.7 Å². The number of carbonyl (C=O) groups is 1. The van der Waals surface area contributed by atoms with Crippen LogP contribution in [0.1, 0.15) is 19.3 Å². The topological polar surface area (TPSA) is 75.3 Å². The summed E-state index contributed by atoms with van der Waals surface area (Å²) >= 11 is 0. The fourth-order valence-electron chi connectivity index (χ4n) is 1.10. The van der Waals surface area contributed by atoms with Gasteiger partial charge >= 0.3 is 5.97 Å². The second-order valence-electron chi connectivity index (χ2n) is 2.92. The molecular weight excluding hydrogens is 144 g/mol. The molecule has 1 fully saturated rings. The molecule has 4 N–H and O–H groups in total. The minimum absolute atomic E-state index is 0.172. The summed E-state index contributed by atoms with van der Waals surface area (Å²) in [5, 5.41) is 11.6. The molecule has 4 nitrogen and oxygen atoms in total. The first-order valence-corrected chi connectivity index (χ1v) is 3.93. The van der Waals surface area contributed by atoms with E-state index in [1.54, 1.807) is 0 Å². The van der Waals surface area contributed by atoms with Crippen molar-refractivity contribution in [3.63, 3.8) is 0 Å². The minimum atomic E-state index is -0.848. The number of nitrogens with two attached hydrogens (primary N) is 1. The smallest absolute Gasteiger partial charge is 0.322 e. The Kier molecular flexibility index (Phi) is 2.84. The van der Waals surface area contributed by atoms with E-state index in [4.69, 9.17) is 10.8 Å². The van der Waals surface area contributed by atoms with Crippen LogP contribution in [0, 0.1) is 0 Å². The van der Waals surface area contributed by atoms with E-state index in [1.807, 2.05) is 0 Å². The zero-order valence-electron chi connectivity index (χ0n) is 6.42. The predicted molar refractivity (Wildman–Crippen MR) is 41.3 cm³/mol. The molecular formula is C7H14N2O2. The van der Waals surface area contributed by atoms with Gasteiger partial charge in [0.1, 0.15) is 6.04 Å². The molecule has 0 aromatic heterocycles. The fraction of sp³-hybridized carbons (Fsp3) is 0.857. The molecule has 0 aromatic carbocycles. The maximum absolute atomic E-state index is 10.5. The van der Waals surface area contributed by atoms with Crippen LogP contribution in [0.15, 0.2) is 0 Å². The van der Waals surface area contributed by atoms with Crippen molar-refractivity contribution < 1.29 is 9.90 Å². The van der Waals surface area contributed by atoms with Crippen molar-refractivity contribution >= 4 is 5.97 Å². The van der Waals surface area contributed by atoms with E-state index < -0.39 is 12.0 Å². The summed E-state index contributed by atoms with van der Waals surface area (Å²) in [7, 11) is 0. The van der Waals surface area contributed by atoms with E-state index in [1.165, 1.54) is 6.42 Å². The van der Waals surface area contributed by atoms with Crippen molar-refractivity contribution in [1.29, 1.82) is 0 Å². The van der Waals surface area contributed by atoms with Gasteiger partial charge in [-0.05, 0) is 12.8 Å². The van der Waals surface area contributed by atoms with Crippen LogP contribution in [0.5, 0.6) is 0 Å². The highest BCUT2D eigenvalue weighted by Gasteiger charge is 2.23. The number of carboxylic acid groups (broad SMARTS) is 1. The predicted octanol–water partition coefficient (Wildman–Crippen LogP) is -0.460. The average Bonchev–Trinajstić information content (AvgIpc) is 1.85. The Labute approximate surface area is 65.8 Å². The number of hydrogen-bond donors (Lipinski definition) is 3. The van der Waals surface area contributed by atoms with E-state index in [-0.39, 0.29) is 6.54 Å². The molecule has 0 saturated heterocycles. The number of hydrogen-bond acceptors (Lipinski definition) is 3. The average molecular weight is 158 g/mol. The van der Waals surface area contributed by atoms with Crippen LogP contribution in [-0.2, 0) is 4.79 Å². The first-order valence-electron chi connectivity index (χ1n) is 3.93. The zero-order valence-corrected chi connectivity index (χ0v) is 6.42. The lowest BCUT2D eigenvalue weighted by atomic mass is 9.92. The molecule has 0 bridgehead atoms.